The molecule has 1 aromatic carbocycles. The lowest BCUT2D eigenvalue weighted by atomic mass is 10.1. The molecule has 13 heavy (non-hydrogen) atoms. The van der Waals surface area contributed by atoms with Gasteiger partial charge in [0.2, 0.25) is 0 Å². The summed E-state index contributed by atoms with van der Waals surface area (Å²) in [6.07, 6.45) is 0. The molecule has 0 heterocycles. The second kappa shape index (κ2) is 3.21. The number of phenols is 3. The third-order valence-electron chi connectivity index (χ3n) is 1.59. The average molecular weight is 180 g/mol. The number of nitrogens with zero attached hydrogens (tertiary/aromatic N) is 1. The molecular formula is C8H8N2O3. The first-order chi connectivity index (χ1) is 6.06. The van der Waals surface area contributed by atoms with Gasteiger partial charge < -0.3 is 21.1 Å². The van der Waals surface area contributed by atoms with E-state index in [-0.39, 0.29) is 5.56 Å². The Morgan fingerprint density at radius 2 is 1.69 bits per heavy atom. The Morgan fingerprint density at radius 3 is 2.08 bits per heavy atom. The highest BCUT2D eigenvalue weighted by Crippen LogP contribution is 2.36. The van der Waals surface area contributed by atoms with Crippen molar-refractivity contribution in [2.45, 2.75) is 6.04 Å². The van der Waals surface area contributed by atoms with Gasteiger partial charge in [-0.1, -0.05) is 0 Å². The Morgan fingerprint density at radius 1 is 1.23 bits per heavy atom. The maximum Gasteiger partial charge on any atom is 0.200 e. The normalized spacial score (nSPS) is 12.0. The number of nitrogens with two attached hydrogens (primary N) is 1. The Balaban J connectivity index is 3.22. The van der Waals surface area contributed by atoms with Gasteiger partial charge in [-0.3, -0.25) is 0 Å². The summed E-state index contributed by atoms with van der Waals surface area (Å²) >= 11 is 0. The van der Waals surface area contributed by atoms with Crippen LogP contribution in [0.5, 0.6) is 17.2 Å². The zero-order valence-electron chi connectivity index (χ0n) is 6.60. The van der Waals surface area contributed by atoms with Gasteiger partial charge in [-0.2, -0.15) is 5.26 Å². The Kier molecular flexibility index (Phi) is 2.26. The monoisotopic (exact) mass is 180 g/mol. The van der Waals surface area contributed by atoms with E-state index in [1.807, 2.05) is 0 Å². The van der Waals surface area contributed by atoms with Crippen LogP contribution in [0, 0.1) is 11.3 Å². The largest absolute Gasteiger partial charge is 0.504 e. The van der Waals surface area contributed by atoms with Crippen molar-refractivity contribution in [3.63, 3.8) is 0 Å². The summed E-state index contributed by atoms with van der Waals surface area (Å²) in [5.41, 5.74) is 5.56. The molecule has 0 amide bonds. The smallest absolute Gasteiger partial charge is 0.200 e. The van der Waals surface area contributed by atoms with Gasteiger partial charge in [-0.25, -0.2) is 0 Å². The van der Waals surface area contributed by atoms with Crippen LogP contribution in [0.25, 0.3) is 0 Å². The lowest BCUT2D eigenvalue weighted by Crippen LogP contribution is -2.06. The molecule has 0 saturated carbocycles. The molecule has 0 spiro atoms. The van der Waals surface area contributed by atoms with Gasteiger partial charge in [0.1, 0.15) is 6.04 Å². The molecule has 0 radical (unpaired) electrons. The third-order valence-corrected chi connectivity index (χ3v) is 1.59. The maximum absolute atomic E-state index is 9.05. The Labute approximate surface area is 74.3 Å². The van der Waals surface area contributed by atoms with Crippen LogP contribution in [0.3, 0.4) is 0 Å². The number of rotatable bonds is 1. The highest BCUT2D eigenvalue weighted by Gasteiger charge is 2.12. The lowest BCUT2D eigenvalue weighted by molar-refractivity contribution is 0.367. The molecule has 0 unspecified atom stereocenters. The molecule has 0 aliphatic heterocycles. The van der Waals surface area contributed by atoms with Crippen molar-refractivity contribution in [1.29, 1.82) is 5.26 Å². The van der Waals surface area contributed by atoms with Gasteiger partial charge in [0.25, 0.3) is 0 Å². The maximum atomic E-state index is 9.05. The van der Waals surface area contributed by atoms with Gasteiger partial charge in [0.15, 0.2) is 17.2 Å². The van der Waals surface area contributed by atoms with E-state index in [2.05, 4.69) is 0 Å². The topological polar surface area (TPSA) is 111 Å². The van der Waals surface area contributed by atoms with E-state index >= 15 is 0 Å². The van der Waals surface area contributed by atoms with E-state index < -0.39 is 23.3 Å². The van der Waals surface area contributed by atoms with Crippen LogP contribution in [-0.4, -0.2) is 15.3 Å². The van der Waals surface area contributed by atoms with E-state index in [0.717, 1.165) is 12.1 Å². The van der Waals surface area contributed by atoms with Crippen molar-refractivity contribution in [1.82, 2.24) is 0 Å². The molecule has 0 fully saturated rings. The van der Waals surface area contributed by atoms with Crippen molar-refractivity contribution in [3.8, 4) is 23.3 Å². The summed E-state index contributed by atoms with van der Waals surface area (Å²) in [7, 11) is 0. The average Bonchev–Trinajstić information content (AvgIpc) is 2.12. The van der Waals surface area contributed by atoms with Gasteiger partial charge >= 0.3 is 0 Å². The number of aromatic hydroxyl groups is 3. The fourth-order valence-electron chi connectivity index (χ4n) is 0.879. The van der Waals surface area contributed by atoms with Crippen LogP contribution >= 0.6 is 0 Å². The molecule has 0 aliphatic carbocycles. The highest BCUT2D eigenvalue weighted by atomic mass is 16.3. The van der Waals surface area contributed by atoms with Crippen molar-refractivity contribution in [2.24, 2.45) is 5.73 Å². The molecule has 1 aromatic rings. The van der Waals surface area contributed by atoms with Gasteiger partial charge in [-0.05, 0) is 17.7 Å². The van der Waals surface area contributed by atoms with E-state index in [1.165, 1.54) is 0 Å². The zero-order chi connectivity index (χ0) is 10.0. The van der Waals surface area contributed by atoms with Crippen molar-refractivity contribution in [3.05, 3.63) is 17.7 Å². The standard InChI is InChI=1S/C8H8N2O3/c9-3-5(10)4-1-6(11)8(13)7(12)2-4/h1-2,5,11-13H,10H2/t5-/m1/s1. The number of hydrogen-bond acceptors (Lipinski definition) is 5. The van der Waals surface area contributed by atoms with E-state index in [9.17, 15) is 0 Å². The number of hydrogen-bond donors (Lipinski definition) is 4. The number of phenolic OH excluding ortho intramolecular Hbond substituents is 3. The summed E-state index contributed by atoms with van der Waals surface area (Å²) in [5.74, 6) is -1.62. The van der Waals surface area contributed by atoms with E-state index in [4.69, 9.17) is 26.3 Å². The van der Waals surface area contributed by atoms with Crippen LogP contribution in [0.4, 0.5) is 0 Å². The zero-order valence-corrected chi connectivity index (χ0v) is 6.60. The SMILES string of the molecule is N#C[C@@H](N)c1cc(O)c(O)c(O)c1. The molecule has 0 aromatic heterocycles. The van der Waals surface area contributed by atoms with E-state index in [1.54, 1.807) is 6.07 Å². The predicted molar refractivity (Wildman–Crippen MR) is 44.0 cm³/mol. The van der Waals surface area contributed by atoms with Crippen molar-refractivity contribution < 1.29 is 15.3 Å². The molecule has 0 saturated heterocycles. The molecule has 0 aliphatic rings. The summed E-state index contributed by atoms with van der Waals surface area (Å²) in [6.45, 7) is 0. The van der Waals surface area contributed by atoms with Crippen LogP contribution < -0.4 is 5.73 Å². The van der Waals surface area contributed by atoms with Crippen LogP contribution in [0.2, 0.25) is 0 Å². The van der Waals surface area contributed by atoms with Crippen LogP contribution in [-0.2, 0) is 0 Å². The Hall–Kier alpha value is -1.93. The molecule has 5 heteroatoms. The molecule has 68 valence electrons. The van der Waals surface area contributed by atoms with Crippen LogP contribution in [0.15, 0.2) is 12.1 Å². The first-order valence-electron chi connectivity index (χ1n) is 3.46. The molecule has 1 rings (SSSR count). The minimum Gasteiger partial charge on any atom is -0.504 e. The predicted octanol–water partition coefficient (Wildman–Crippen LogP) is 0.327. The quantitative estimate of drug-likeness (QED) is 0.465. The molecular weight excluding hydrogens is 172 g/mol. The minimum absolute atomic E-state index is 0.246. The number of benzene rings is 1. The second-order valence-electron chi connectivity index (χ2n) is 2.51. The van der Waals surface area contributed by atoms with E-state index in [0.29, 0.717) is 0 Å². The van der Waals surface area contributed by atoms with Crippen molar-refractivity contribution in [2.75, 3.05) is 0 Å². The van der Waals surface area contributed by atoms with Gasteiger partial charge in [-0.15, -0.1) is 0 Å². The molecule has 5 N–H and O–H groups in total. The molecule has 5 nitrogen and oxygen atoms in total. The third kappa shape index (κ3) is 1.63. The fraction of sp³-hybridized carbons (Fsp3) is 0.125. The van der Waals surface area contributed by atoms with Gasteiger partial charge in [0.05, 0.1) is 6.07 Å². The van der Waals surface area contributed by atoms with Crippen LogP contribution in [0.1, 0.15) is 11.6 Å². The summed E-state index contributed by atoms with van der Waals surface area (Å²) in [6, 6.07) is 3.05. The first-order valence-corrected chi connectivity index (χ1v) is 3.46. The summed E-state index contributed by atoms with van der Waals surface area (Å²) in [4.78, 5) is 0. The first kappa shape index (κ1) is 9.16. The van der Waals surface area contributed by atoms with Gasteiger partial charge in [0, 0.05) is 0 Å². The fourth-order valence-corrected chi connectivity index (χ4v) is 0.879. The minimum atomic E-state index is -0.933. The molecule has 0 bridgehead atoms. The second-order valence-corrected chi connectivity index (χ2v) is 2.51. The lowest BCUT2D eigenvalue weighted by Gasteiger charge is -2.06. The summed E-state index contributed by atoms with van der Waals surface area (Å²) < 4.78 is 0. The molecule has 1 atom stereocenters. The Bertz CT molecular complexity index is 347. The van der Waals surface area contributed by atoms with Crippen molar-refractivity contribution >= 4 is 0 Å². The summed E-state index contributed by atoms with van der Waals surface area (Å²) in [5, 5.41) is 35.5. The highest BCUT2D eigenvalue weighted by molar-refractivity contribution is 5.52. The number of nitriles is 1.